The van der Waals surface area contributed by atoms with Crippen LogP contribution in [0.25, 0.3) is 0 Å². The Balaban J connectivity index is 0.000000437. The molecule has 0 saturated carbocycles. The van der Waals surface area contributed by atoms with E-state index in [-0.39, 0.29) is 11.1 Å². The zero-order valence-corrected chi connectivity index (χ0v) is 13.2. The second-order valence-electron chi connectivity index (χ2n) is 3.48. The fourth-order valence-corrected chi connectivity index (χ4v) is 0.785. The first-order chi connectivity index (χ1) is 7.88. The highest BCUT2D eigenvalue weighted by Gasteiger charge is 2.06. The van der Waals surface area contributed by atoms with Crippen LogP contribution < -0.4 is 0 Å². The lowest BCUT2D eigenvalue weighted by Gasteiger charge is -1.95. The maximum atomic E-state index is 10.4. The topological polar surface area (TPSA) is 83.8 Å². The molecule has 0 spiro atoms. The molecule has 0 saturated heterocycles. The van der Waals surface area contributed by atoms with E-state index in [4.69, 9.17) is 14.3 Å². The quantitative estimate of drug-likeness (QED) is 0.776. The first kappa shape index (κ1) is 15.6. The summed E-state index contributed by atoms with van der Waals surface area (Å²) in [5.74, 6) is -2.25. The van der Waals surface area contributed by atoms with Gasteiger partial charge in [0.05, 0.1) is 11.1 Å². The minimum absolute atomic E-state index is 0.0186. The summed E-state index contributed by atoms with van der Waals surface area (Å²) in [4.78, 5) is 20.8. The number of benzene rings is 1. The smallest absolute Gasteiger partial charge is 0.335 e. The van der Waals surface area contributed by atoms with Crippen LogP contribution in [-0.4, -0.2) is 41.7 Å². The largest absolute Gasteiger partial charge is 0.478 e. The molecule has 0 unspecified atom stereocenters. The molecule has 0 aliphatic rings. The number of hydrogen-bond acceptors (Lipinski definition) is 3. The highest BCUT2D eigenvalue weighted by atomic mass is 28.3. The van der Waals surface area contributed by atoms with Gasteiger partial charge in [0.2, 0.25) is 0 Å². The zero-order chi connectivity index (χ0) is 13.4. The fourth-order valence-electron chi connectivity index (χ4n) is 0.785. The van der Waals surface area contributed by atoms with Crippen LogP contribution in [0.15, 0.2) is 24.3 Å². The number of rotatable bonds is 3. The van der Waals surface area contributed by atoms with Crippen molar-refractivity contribution < 1.29 is 23.9 Å². The molecule has 17 heavy (non-hydrogen) atoms. The van der Waals surface area contributed by atoms with Crippen LogP contribution in [0, 0.1) is 0 Å². The summed E-state index contributed by atoms with van der Waals surface area (Å²) in [6.45, 7) is 4.35. The molecule has 5 nitrogen and oxygen atoms in total. The Morgan fingerprint density at radius 1 is 1.18 bits per heavy atom. The van der Waals surface area contributed by atoms with E-state index < -0.39 is 21.0 Å². The van der Waals surface area contributed by atoms with Crippen molar-refractivity contribution in [3.63, 3.8) is 0 Å². The summed E-state index contributed by atoms with van der Waals surface area (Å²) >= 11 is 0. The summed E-state index contributed by atoms with van der Waals surface area (Å²) in [5.41, 5.74) is -0.0372. The third-order valence-electron chi connectivity index (χ3n) is 1.83. The molecule has 0 bridgehead atoms. The Morgan fingerprint density at radius 3 is 1.76 bits per heavy atom. The lowest BCUT2D eigenvalue weighted by Crippen LogP contribution is -2.02. The normalized spacial score (nSPS) is 9.59. The van der Waals surface area contributed by atoms with E-state index in [0.29, 0.717) is 0 Å². The average molecular weight is 272 g/mol. The third kappa shape index (κ3) is 6.66. The van der Waals surface area contributed by atoms with E-state index in [2.05, 4.69) is 13.1 Å². The molecule has 0 fully saturated rings. The molecule has 1 aromatic rings. The highest BCUT2D eigenvalue weighted by Crippen LogP contribution is 2.04. The van der Waals surface area contributed by atoms with E-state index in [1.807, 2.05) is 0 Å². The molecule has 0 heterocycles. The molecule has 1 rings (SSSR count). The Kier molecular flexibility index (Phi) is 7.11. The number of carboxylic acids is 2. The van der Waals surface area contributed by atoms with Crippen LogP contribution in [0.4, 0.5) is 0 Å². The summed E-state index contributed by atoms with van der Waals surface area (Å²) in [7, 11) is 0.347. The Morgan fingerprint density at radius 2 is 1.53 bits per heavy atom. The van der Waals surface area contributed by atoms with Crippen molar-refractivity contribution in [3.8, 4) is 0 Å². The SMILES string of the molecule is C[SiH](C)O[SiH3].O=C(O)c1cccc(C(=O)O)c1. The van der Waals surface area contributed by atoms with Crippen molar-refractivity contribution in [3.05, 3.63) is 35.4 Å². The molecule has 0 aliphatic heterocycles. The van der Waals surface area contributed by atoms with Gasteiger partial charge in [-0.3, -0.25) is 0 Å². The average Bonchev–Trinajstić information content (AvgIpc) is 2.29. The van der Waals surface area contributed by atoms with Crippen molar-refractivity contribution in [2.24, 2.45) is 0 Å². The van der Waals surface area contributed by atoms with Gasteiger partial charge < -0.3 is 14.3 Å². The van der Waals surface area contributed by atoms with Gasteiger partial charge in [-0.2, -0.15) is 0 Å². The predicted molar refractivity (Wildman–Crippen MR) is 70.3 cm³/mol. The Labute approximate surface area is 104 Å². The van der Waals surface area contributed by atoms with E-state index in [1.54, 1.807) is 0 Å². The van der Waals surface area contributed by atoms with Gasteiger partial charge in [-0.05, 0) is 31.3 Å². The molecule has 0 radical (unpaired) electrons. The molecule has 0 aliphatic carbocycles. The van der Waals surface area contributed by atoms with Crippen molar-refractivity contribution in [1.82, 2.24) is 0 Å². The van der Waals surface area contributed by atoms with Gasteiger partial charge >= 0.3 is 11.9 Å². The minimum atomic E-state index is -1.13. The monoisotopic (exact) mass is 272 g/mol. The minimum Gasteiger partial charge on any atom is -0.478 e. The van der Waals surface area contributed by atoms with Crippen LogP contribution >= 0.6 is 0 Å². The predicted octanol–water partition coefficient (Wildman–Crippen LogP) is 0.350. The van der Waals surface area contributed by atoms with Gasteiger partial charge in [-0.25, -0.2) is 9.59 Å². The number of hydrogen-bond donors (Lipinski definition) is 2. The molecule has 7 heteroatoms. The van der Waals surface area contributed by atoms with E-state index in [0.717, 1.165) is 16.6 Å². The molecule has 0 amide bonds. The van der Waals surface area contributed by atoms with Crippen LogP contribution in [0.2, 0.25) is 13.1 Å². The first-order valence-electron chi connectivity index (χ1n) is 4.98. The summed E-state index contributed by atoms with van der Waals surface area (Å²) in [5, 5.41) is 17.0. The standard InChI is InChI=1S/C8H6O4.C2H10OSi2/c9-7(10)5-2-1-3-6(4-5)8(11)12;1-5(2)3-4/h1-4H,(H,9,10)(H,11,12);5H,1-2,4H3. The van der Waals surface area contributed by atoms with Crippen molar-refractivity contribution in [2.75, 3.05) is 0 Å². The summed E-state index contributed by atoms with van der Waals surface area (Å²) in [6, 6.07) is 5.20. The van der Waals surface area contributed by atoms with Crippen LogP contribution in [0.1, 0.15) is 20.7 Å². The molecular formula is C10H16O5Si2. The number of carboxylic acid groups (broad SMARTS) is 2. The van der Waals surface area contributed by atoms with E-state index in [1.165, 1.54) is 18.2 Å². The number of carbonyl (C=O) groups is 2. The maximum Gasteiger partial charge on any atom is 0.335 e. The van der Waals surface area contributed by atoms with Gasteiger partial charge in [0.25, 0.3) is 0 Å². The Bertz CT molecular complexity index is 363. The van der Waals surface area contributed by atoms with Gasteiger partial charge in [0, 0.05) is 0 Å². The summed E-state index contributed by atoms with van der Waals surface area (Å²) in [6.07, 6.45) is 0. The van der Waals surface area contributed by atoms with Crippen molar-refractivity contribution in [1.29, 1.82) is 0 Å². The van der Waals surface area contributed by atoms with E-state index >= 15 is 0 Å². The van der Waals surface area contributed by atoms with Crippen molar-refractivity contribution >= 4 is 31.5 Å². The van der Waals surface area contributed by atoms with Crippen LogP contribution in [0.5, 0.6) is 0 Å². The lowest BCUT2D eigenvalue weighted by atomic mass is 10.1. The summed E-state index contributed by atoms with van der Waals surface area (Å²) < 4.78 is 5.03. The van der Waals surface area contributed by atoms with Gasteiger partial charge in [-0.1, -0.05) is 6.07 Å². The van der Waals surface area contributed by atoms with Crippen LogP contribution in [-0.2, 0) is 4.12 Å². The fraction of sp³-hybridized carbons (Fsp3) is 0.200. The molecular weight excluding hydrogens is 256 g/mol. The van der Waals surface area contributed by atoms with Crippen molar-refractivity contribution in [2.45, 2.75) is 13.1 Å². The second kappa shape index (κ2) is 7.77. The van der Waals surface area contributed by atoms with Gasteiger partial charge in [0.1, 0.15) is 10.5 Å². The molecule has 1 aromatic carbocycles. The third-order valence-corrected chi connectivity index (χ3v) is 5.60. The molecule has 0 aromatic heterocycles. The lowest BCUT2D eigenvalue weighted by molar-refractivity contribution is 0.0696. The van der Waals surface area contributed by atoms with Gasteiger partial charge in [0.15, 0.2) is 9.04 Å². The molecule has 94 valence electrons. The molecule has 2 N–H and O–H groups in total. The number of aromatic carboxylic acids is 2. The Hall–Kier alpha value is -1.45. The molecule has 0 atom stereocenters. The second-order valence-corrected chi connectivity index (χ2v) is 7.46. The van der Waals surface area contributed by atoms with Gasteiger partial charge in [-0.15, -0.1) is 0 Å². The highest BCUT2D eigenvalue weighted by molar-refractivity contribution is 6.52. The first-order valence-corrected chi connectivity index (χ1v) is 8.57. The maximum absolute atomic E-state index is 10.4. The van der Waals surface area contributed by atoms with Crippen LogP contribution in [0.3, 0.4) is 0 Å². The van der Waals surface area contributed by atoms with E-state index in [9.17, 15) is 9.59 Å². The zero-order valence-electron chi connectivity index (χ0n) is 10.0.